The molecule has 1 fully saturated rings. The number of hydrogen-bond donors (Lipinski definition) is 4. The highest BCUT2D eigenvalue weighted by atomic mass is 35.5. The number of pyridine rings is 1. The van der Waals surface area contributed by atoms with Crippen molar-refractivity contribution in [3.05, 3.63) is 81.6 Å². The van der Waals surface area contributed by atoms with Crippen molar-refractivity contribution in [3.8, 4) is 33.5 Å². The number of ether oxygens (including phenoxy) is 5. The van der Waals surface area contributed by atoms with E-state index < -0.39 is 59.0 Å². The first-order valence-electron chi connectivity index (χ1n) is 24.5. The van der Waals surface area contributed by atoms with Crippen LogP contribution in [-0.2, 0) is 34.3 Å². The number of hydrogen-bond acceptors (Lipinski definition) is 17. The number of carbonyl (C=O) groups is 5. The number of benzene rings is 2. The number of amides is 4. The van der Waals surface area contributed by atoms with Gasteiger partial charge in [0, 0.05) is 46.9 Å². The number of nitrogens with one attached hydrogen (secondary N) is 4. The van der Waals surface area contributed by atoms with E-state index in [4.69, 9.17) is 51.8 Å². The Bertz CT molecular complexity index is 2770. The van der Waals surface area contributed by atoms with Crippen LogP contribution in [0.25, 0.3) is 26.5 Å². The van der Waals surface area contributed by atoms with Gasteiger partial charge in [-0.25, -0.2) is 34.0 Å². The molecule has 2 atom stereocenters. The summed E-state index contributed by atoms with van der Waals surface area (Å²) in [7, 11) is 0. The minimum atomic E-state index is -1.20. The Hall–Kier alpha value is -7.14. The van der Waals surface area contributed by atoms with Crippen molar-refractivity contribution in [2.24, 2.45) is 4.99 Å². The summed E-state index contributed by atoms with van der Waals surface area (Å²) >= 11 is 9.00. The van der Waals surface area contributed by atoms with Crippen molar-refractivity contribution in [3.63, 3.8) is 0 Å². The van der Waals surface area contributed by atoms with E-state index in [0.717, 1.165) is 42.2 Å². The predicted molar refractivity (Wildman–Crippen MR) is 292 cm³/mol. The molecule has 3 heterocycles. The summed E-state index contributed by atoms with van der Waals surface area (Å²) in [4.78, 5) is 84.6. The average Bonchev–Trinajstić information content (AvgIpc) is 4.05. The van der Waals surface area contributed by atoms with Crippen LogP contribution in [0.4, 0.5) is 25.9 Å². The Morgan fingerprint density at radius 2 is 1.45 bits per heavy atom. The topological polar surface area (TPSA) is 249 Å². The van der Waals surface area contributed by atoms with E-state index in [1.807, 2.05) is 29.6 Å². The maximum Gasteiger partial charge on any atom is 0.414 e. The molecule has 0 bridgehead atoms. The molecule has 406 valence electrons. The summed E-state index contributed by atoms with van der Waals surface area (Å²) in [6, 6.07) is 14.4. The summed E-state index contributed by atoms with van der Waals surface area (Å²) < 4.78 is 27.3. The smallest absolute Gasteiger partial charge is 0.414 e. The van der Waals surface area contributed by atoms with Gasteiger partial charge in [-0.15, -0.1) is 11.3 Å². The van der Waals surface area contributed by atoms with E-state index in [0.29, 0.717) is 38.5 Å². The molecule has 1 aliphatic heterocycles. The molecule has 2 aromatic heterocycles. The number of anilines is 1. The normalized spacial score (nSPS) is 13.2. The molecule has 4 amide bonds. The zero-order valence-electron chi connectivity index (χ0n) is 44.4. The van der Waals surface area contributed by atoms with Gasteiger partial charge in [-0.1, -0.05) is 47.6 Å². The van der Waals surface area contributed by atoms with Crippen molar-refractivity contribution in [1.29, 1.82) is 5.26 Å². The summed E-state index contributed by atoms with van der Waals surface area (Å²) in [5.74, 6) is -0.335. The molecular formula is C53H65ClN10O10S2. The van der Waals surface area contributed by atoms with Gasteiger partial charge in [-0.3, -0.25) is 20.4 Å². The molecule has 2 aromatic carbocycles. The monoisotopic (exact) mass is 1100 g/mol. The quantitative estimate of drug-likeness (QED) is 0.0138. The Kier molecular flexibility index (Phi) is 21.3. The minimum absolute atomic E-state index is 0.00648. The number of esters is 1. The van der Waals surface area contributed by atoms with Crippen LogP contribution in [0.2, 0.25) is 5.02 Å². The highest BCUT2D eigenvalue weighted by molar-refractivity contribution is 7.98. The molecular weight excluding hydrogens is 1040 g/mol. The lowest BCUT2D eigenvalue weighted by molar-refractivity contribution is -0.148. The van der Waals surface area contributed by atoms with Crippen molar-refractivity contribution in [1.82, 2.24) is 31.2 Å². The number of guanidine groups is 1. The number of nitriles is 1. The van der Waals surface area contributed by atoms with E-state index >= 15 is 0 Å². The second kappa shape index (κ2) is 27.1. The standard InChI is InChI=1S/C53H65ClN10O10S2/c1-32(58-43(65)39(60-48(67)72-51(2,3)4)15-14-24-57-47(62-49(68)73-52(5,6)7)63-50(69)74-53(8,9)10)46(66)71-28-27-70-37-22-18-33(19-23-37)40-38(29-55)45(61-42(41(40)56-11)64-25-12-13-26-64)76-31-36-30-75-44(59-36)34-16-20-35(54)21-17-34/h16-23,30,32,39H,12-15,24-28,31H2,1-10H3,(H,58,65)(H,60,67)(H2,57,62,63,68,69)/t32-,39-/m0/s1. The lowest BCUT2D eigenvalue weighted by Gasteiger charge is -2.24. The zero-order valence-corrected chi connectivity index (χ0v) is 46.8. The first-order valence-corrected chi connectivity index (χ1v) is 26.7. The number of aromatic nitrogens is 2. The van der Waals surface area contributed by atoms with E-state index in [1.165, 1.54) is 30.0 Å². The van der Waals surface area contributed by atoms with E-state index in [2.05, 4.69) is 42.1 Å². The van der Waals surface area contributed by atoms with Gasteiger partial charge in [0.2, 0.25) is 17.6 Å². The van der Waals surface area contributed by atoms with Crippen molar-refractivity contribution < 1.29 is 47.7 Å². The van der Waals surface area contributed by atoms with Crippen LogP contribution in [0, 0.1) is 17.9 Å². The van der Waals surface area contributed by atoms with Crippen LogP contribution in [-0.4, -0.2) is 108 Å². The SMILES string of the molecule is [C-]#[N+]c1c(N2CCCC2)nc(SCc2csc(-c3ccc(Cl)cc3)n2)c(C#N)c1-c1ccc(OCCOC(=O)[C@H](C)NC(=O)[C@H](CCCN=C(NC(=O)OC(C)(C)C)NC(=O)OC(C)(C)C)NC(=O)OC(C)(C)C)cc1. The summed E-state index contributed by atoms with van der Waals surface area (Å²) in [6.07, 6.45) is -0.582. The molecule has 0 unspecified atom stereocenters. The van der Waals surface area contributed by atoms with E-state index in [1.54, 1.807) is 86.6 Å². The lowest BCUT2D eigenvalue weighted by atomic mass is 9.99. The highest BCUT2D eigenvalue weighted by Crippen LogP contribution is 2.45. The van der Waals surface area contributed by atoms with Gasteiger partial charge in [0.05, 0.1) is 17.8 Å². The molecule has 0 spiro atoms. The van der Waals surface area contributed by atoms with E-state index in [9.17, 15) is 29.2 Å². The van der Waals surface area contributed by atoms with Crippen LogP contribution < -0.4 is 30.9 Å². The molecule has 1 saturated heterocycles. The number of rotatable bonds is 18. The maximum absolute atomic E-state index is 13.6. The Labute approximate surface area is 456 Å². The van der Waals surface area contributed by atoms with Crippen LogP contribution in [0.3, 0.4) is 0 Å². The Morgan fingerprint density at radius 3 is 2.03 bits per heavy atom. The number of carbonyl (C=O) groups excluding carboxylic acids is 5. The molecule has 0 radical (unpaired) electrons. The molecule has 23 heteroatoms. The van der Waals surface area contributed by atoms with Gasteiger partial charge in [0.1, 0.15) is 69.8 Å². The lowest BCUT2D eigenvalue weighted by Crippen LogP contribution is -2.52. The largest absolute Gasteiger partial charge is 0.490 e. The molecule has 0 aliphatic carbocycles. The third-order valence-electron chi connectivity index (χ3n) is 10.4. The van der Waals surface area contributed by atoms with Crippen molar-refractivity contribution >= 4 is 82.3 Å². The third-order valence-corrected chi connectivity index (χ3v) is 12.6. The minimum Gasteiger partial charge on any atom is -0.490 e. The van der Waals surface area contributed by atoms with Gasteiger partial charge in [0.15, 0.2) is 0 Å². The summed E-state index contributed by atoms with van der Waals surface area (Å²) in [5, 5.41) is 24.5. The van der Waals surface area contributed by atoms with Crippen LogP contribution in [0.5, 0.6) is 5.75 Å². The van der Waals surface area contributed by atoms with Gasteiger partial charge < -0.3 is 39.2 Å². The summed E-state index contributed by atoms with van der Waals surface area (Å²) in [6.45, 7) is 25.9. The van der Waals surface area contributed by atoms with E-state index in [-0.39, 0.29) is 49.8 Å². The Morgan fingerprint density at radius 1 is 0.855 bits per heavy atom. The third kappa shape index (κ3) is 19.2. The van der Waals surface area contributed by atoms with Gasteiger partial charge in [0.25, 0.3) is 0 Å². The molecule has 4 aromatic rings. The number of alkyl carbamates (subject to hydrolysis) is 3. The second-order valence-corrected chi connectivity index (χ2v) is 22.6. The first kappa shape index (κ1) is 59.7. The van der Waals surface area contributed by atoms with Crippen LogP contribution in [0.1, 0.15) is 106 Å². The molecule has 1 aliphatic rings. The van der Waals surface area contributed by atoms with Crippen molar-refractivity contribution in [2.75, 3.05) is 37.7 Å². The number of halogens is 1. The maximum atomic E-state index is 13.6. The fourth-order valence-corrected chi connectivity index (χ4v) is 9.09. The van der Waals surface area contributed by atoms with Gasteiger partial charge in [-0.2, -0.15) is 5.26 Å². The number of nitrogens with zero attached hydrogens (tertiary/aromatic N) is 6. The van der Waals surface area contributed by atoms with Crippen LogP contribution >= 0.6 is 34.7 Å². The van der Waals surface area contributed by atoms with Gasteiger partial charge in [-0.05, 0) is 125 Å². The molecule has 76 heavy (non-hydrogen) atoms. The molecule has 5 rings (SSSR count). The number of thiazole rings is 1. The molecule has 4 N–H and O–H groups in total. The summed E-state index contributed by atoms with van der Waals surface area (Å²) in [5.41, 5.74) is 0.858. The fourth-order valence-electron chi connectivity index (χ4n) is 7.16. The molecule has 0 saturated carbocycles. The molecule has 20 nitrogen and oxygen atoms in total. The fraction of sp³-hybridized carbons (Fsp3) is 0.472. The second-order valence-electron chi connectivity index (χ2n) is 20.3. The first-order chi connectivity index (χ1) is 35.8. The zero-order chi connectivity index (χ0) is 55.8. The highest BCUT2D eigenvalue weighted by Gasteiger charge is 2.29. The van der Waals surface area contributed by atoms with Crippen LogP contribution in [0.15, 0.2) is 63.9 Å². The van der Waals surface area contributed by atoms with Crippen molar-refractivity contribution in [2.45, 2.75) is 135 Å². The van der Waals surface area contributed by atoms with Gasteiger partial charge >= 0.3 is 24.2 Å². The predicted octanol–water partition coefficient (Wildman–Crippen LogP) is 10.3. The number of aliphatic imine (C=N–C) groups is 1. The average molecular weight is 1100 g/mol. The Balaban J connectivity index is 1.20. The number of thioether (sulfide) groups is 1.